The van der Waals surface area contributed by atoms with Gasteiger partial charge in [-0.25, -0.2) is 4.98 Å². The Bertz CT molecular complexity index is 1430. The number of aromatic nitrogens is 2. The second kappa shape index (κ2) is 11.9. The maximum absolute atomic E-state index is 13.7. The zero-order chi connectivity index (χ0) is 27.4. The van der Waals surface area contributed by atoms with Crippen molar-refractivity contribution >= 4 is 28.5 Å². The van der Waals surface area contributed by atoms with Crippen molar-refractivity contribution in [2.75, 3.05) is 11.4 Å². The van der Waals surface area contributed by atoms with Gasteiger partial charge >= 0.3 is 0 Å². The number of hydrogen-bond acceptors (Lipinski definition) is 3. The summed E-state index contributed by atoms with van der Waals surface area (Å²) < 4.78 is 2.04. The first kappa shape index (κ1) is 26.7. The quantitative estimate of drug-likeness (QED) is 0.244. The van der Waals surface area contributed by atoms with E-state index < -0.39 is 0 Å². The summed E-state index contributed by atoms with van der Waals surface area (Å²) in [5.41, 5.74) is 5.11. The number of hydrogen-bond donors (Lipinski definition) is 0. The Morgan fingerprint density at radius 1 is 0.974 bits per heavy atom. The zero-order valence-electron chi connectivity index (χ0n) is 23.2. The molecular weight excluding hydrogens is 484 g/mol. The molecule has 6 nitrogen and oxygen atoms in total. The summed E-state index contributed by atoms with van der Waals surface area (Å²) in [5.74, 6) is 0.865. The van der Waals surface area contributed by atoms with Crippen LogP contribution in [0, 0.1) is 0 Å². The van der Waals surface area contributed by atoms with Gasteiger partial charge in [-0.1, -0.05) is 67.9 Å². The molecule has 0 saturated carbocycles. The van der Waals surface area contributed by atoms with Crippen molar-refractivity contribution in [1.82, 2.24) is 14.5 Å². The molecule has 202 valence electrons. The average Bonchev–Trinajstić information content (AvgIpc) is 3.51. The van der Waals surface area contributed by atoms with Crippen LogP contribution in [0.3, 0.4) is 0 Å². The van der Waals surface area contributed by atoms with E-state index in [1.165, 1.54) is 18.4 Å². The van der Waals surface area contributed by atoms with E-state index in [1.54, 1.807) is 0 Å². The van der Waals surface area contributed by atoms with Crippen molar-refractivity contribution in [3.63, 3.8) is 0 Å². The number of rotatable bonds is 10. The van der Waals surface area contributed by atoms with Crippen LogP contribution in [0.1, 0.15) is 62.9 Å². The number of benzene rings is 3. The van der Waals surface area contributed by atoms with Gasteiger partial charge in [-0.3, -0.25) is 9.59 Å². The van der Waals surface area contributed by atoms with Gasteiger partial charge in [0.1, 0.15) is 12.4 Å². The molecule has 0 aliphatic carbocycles. The van der Waals surface area contributed by atoms with Crippen LogP contribution >= 0.6 is 0 Å². The van der Waals surface area contributed by atoms with E-state index in [4.69, 9.17) is 4.98 Å². The molecule has 1 saturated heterocycles. The van der Waals surface area contributed by atoms with E-state index in [0.29, 0.717) is 19.5 Å². The van der Waals surface area contributed by atoms with Crippen LogP contribution in [0.5, 0.6) is 0 Å². The number of nitrogens with zero attached hydrogens (tertiary/aromatic N) is 4. The Balaban J connectivity index is 1.40. The number of amides is 2. The lowest BCUT2D eigenvalue weighted by molar-refractivity contribution is -0.134. The van der Waals surface area contributed by atoms with Gasteiger partial charge in [0.25, 0.3) is 0 Å². The minimum atomic E-state index is -0.0842. The lowest BCUT2D eigenvalue weighted by Crippen LogP contribution is -2.39. The van der Waals surface area contributed by atoms with Gasteiger partial charge in [0.2, 0.25) is 11.8 Å². The highest BCUT2D eigenvalue weighted by Gasteiger charge is 2.35. The van der Waals surface area contributed by atoms with Crippen molar-refractivity contribution in [2.24, 2.45) is 0 Å². The predicted octanol–water partition coefficient (Wildman–Crippen LogP) is 6.34. The van der Waals surface area contributed by atoms with Gasteiger partial charge in [-0.2, -0.15) is 0 Å². The minimum absolute atomic E-state index is 0.0436. The topological polar surface area (TPSA) is 58.4 Å². The molecule has 1 unspecified atom stereocenters. The summed E-state index contributed by atoms with van der Waals surface area (Å²) in [4.78, 5) is 35.6. The van der Waals surface area contributed by atoms with Gasteiger partial charge in [-0.05, 0) is 62.1 Å². The second-order valence-electron chi connectivity index (χ2n) is 10.8. The third kappa shape index (κ3) is 5.90. The number of imidazole rings is 1. The normalized spacial score (nSPS) is 15.4. The molecule has 0 bridgehead atoms. The number of anilines is 1. The first-order chi connectivity index (χ1) is 18.9. The molecule has 0 N–H and O–H groups in total. The molecule has 2 heterocycles. The molecule has 1 atom stereocenters. The van der Waals surface area contributed by atoms with Crippen molar-refractivity contribution in [3.05, 3.63) is 95.8 Å². The summed E-state index contributed by atoms with van der Waals surface area (Å²) in [5, 5.41) is 0. The standard InChI is InChI=1S/C33H38N4O2/c1-4-5-11-25-16-18-28(19-17-25)36-22-27(20-31(36)38)33-34-29-14-9-10-15-30(29)37(33)23-32(39)35(24(2)3)21-26-12-7-6-8-13-26/h6-10,12-19,24,27H,4-5,11,20-23H2,1-3H3. The van der Waals surface area contributed by atoms with Crippen molar-refractivity contribution in [1.29, 1.82) is 0 Å². The molecule has 1 fully saturated rings. The molecule has 2 amide bonds. The Hall–Kier alpha value is -3.93. The highest BCUT2D eigenvalue weighted by atomic mass is 16.2. The first-order valence-electron chi connectivity index (χ1n) is 14.1. The van der Waals surface area contributed by atoms with E-state index in [2.05, 4.69) is 57.2 Å². The summed E-state index contributed by atoms with van der Waals surface area (Å²) in [6, 6.07) is 26.5. The van der Waals surface area contributed by atoms with Gasteiger partial charge in [0, 0.05) is 37.2 Å². The van der Waals surface area contributed by atoms with Crippen molar-refractivity contribution in [2.45, 2.75) is 71.5 Å². The van der Waals surface area contributed by atoms with Gasteiger partial charge < -0.3 is 14.4 Å². The number of aryl methyl sites for hydroxylation is 1. The number of carbonyl (C=O) groups is 2. The fraction of sp³-hybridized carbons (Fsp3) is 0.364. The van der Waals surface area contributed by atoms with E-state index in [-0.39, 0.29) is 30.3 Å². The van der Waals surface area contributed by atoms with E-state index >= 15 is 0 Å². The maximum atomic E-state index is 13.7. The molecular formula is C33H38N4O2. The van der Waals surface area contributed by atoms with Gasteiger partial charge in [0.05, 0.1) is 11.0 Å². The third-order valence-corrected chi connectivity index (χ3v) is 7.67. The lowest BCUT2D eigenvalue weighted by Gasteiger charge is -2.28. The third-order valence-electron chi connectivity index (χ3n) is 7.67. The van der Waals surface area contributed by atoms with Crippen LogP contribution < -0.4 is 4.90 Å². The first-order valence-corrected chi connectivity index (χ1v) is 14.1. The van der Waals surface area contributed by atoms with E-state index in [0.717, 1.165) is 34.5 Å². The average molecular weight is 523 g/mol. The molecule has 1 aliphatic heterocycles. The smallest absolute Gasteiger partial charge is 0.243 e. The minimum Gasteiger partial charge on any atom is -0.334 e. The Kier molecular flexibility index (Phi) is 8.10. The van der Waals surface area contributed by atoms with Crippen molar-refractivity contribution < 1.29 is 9.59 Å². The predicted molar refractivity (Wildman–Crippen MR) is 157 cm³/mol. The molecule has 5 rings (SSSR count). The molecule has 1 aliphatic rings. The number of unbranched alkanes of at least 4 members (excludes halogenated alkanes) is 1. The van der Waals surface area contributed by atoms with Crippen LogP contribution in [0.2, 0.25) is 0 Å². The second-order valence-corrected chi connectivity index (χ2v) is 10.8. The molecule has 0 radical (unpaired) electrons. The van der Waals surface area contributed by atoms with Crippen LogP contribution in [0.15, 0.2) is 78.9 Å². The van der Waals surface area contributed by atoms with Crippen molar-refractivity contribution in [3.8, 4) is 0 Å². The zero-order valence-corrected chi connectivity index (χ0v) is 23.2. The fourth-order valence-corrected chi connectivity index (χ4v) is 5.49. The molecule has 3 aromatic carbocycles. The molecule has 4 aromatic rings. The molecule has 0 spiro atoms. The van der Waals surface area contributed by atoms with Crippen LogP contribution in [0.4, 0.5) is 5.69 Å². The highest BCUT2D eigenvalue weighted by molar-refractivity contribution is 5.96. The Morgan fingerprint density at radius 2 is 1.69 bits per heavy atom. The van der Waals surface area contributed by atoms with Gasteiger partial charge in [-0.15, -0.1) is 0 Å². The Morgan fingerprint density at radius 3 is 2.41 bits per heavy atom. The number of fused-ring (bicyclic) bond motifs is 1. The summed E-state index contributed by atoms with van der Waals surface area (Å²) in [6.07, 6.45) is 3.77. The van der Waals surface area contributed by atoms with Gasteiger partial charge in [0.15, 0.2) is 0 Å². The summed E-state index contributed by atoms with van der Waals surface area (Å²) in [6.45, 7) is 7.61. The summed E-state index contributed by atoms with van der Waals surface area (Å²) in [7, 11) is 0. The fourth-order valence-electron chi connectivity index (χ4n) is 5.49. The molecule has 39 heavy (non-hydrogen) atoms. The molecule has 1 aromatic heterocycles. The van der Waals surface area contributed by atoms with E-state index in [9.17, 15) is 9.59 Å². The molecule has 6 heteroatoms. The Labute approximate surface area is 231 Å². The maximum Gasteiger partial charge on any atom is 0.243 e. The highest BCUT2D eigenvalue weighted by Crippen LogP contribution is 2.33. The number of carbonyl (C=O) groups excluding carboxylic acids is 2. The largest absolute Gasteiger partial charge is 0.334 e. The SMILES string of the molecule is CCCCc1ccc(N2CC(c3nc4ccccc4n3CC(=O)N(Cc3ccccc3)C(C)C)CC2=O)cc1. The van der Waals surface area contributed by atoms with Crippen LogP contribution in [0.25, 0.3) is 11.0 Å². The number of para-hydroxylation sites is 2. The van der Waals surface area contributed by atoms with E-state index in [1.807, 2.05) is 56.8 Å². The summed E-state index contributed by atoms with van der Waals surface area (Å²) >= 11 is 0. The lowest BCUT2D eigenvalue weighted by atomic mass is 10.1. The van der Waals surface area contributed by atoms with Crippen LogP contribution in [-0.4, -0.2) is 38.9 Å². The monoisotopic (exact) mass is 522 g/mol. The van der Waals surface area contributed by atoms with Crippen LogP contribution in [-0.2, 0) is 29.1 Å².